The zero-order valence-electron chi connectivity index (χ0n) is 8.68. The molecule has 0 radical (unpaired) electrons. The van der Waals surface area contributed by atoms with Gasteiger partial charge in [0.1, 0.15) is 5.01 Å². The molecule has 78 valence electrons. The first-order valence-electron chi connectivity index (χ1n) is 5.11. The Kier molecular flexibility index (Phi) is 2.85. The molecule has 14 heavy (non-hydrogen) atoms. The van der Waals surface area contributed by atoms with Crippen LogP contribution >= 0.6 is 11.3 Å². The second-order valence-electron chi connectivity index (χ2n) is 4.10. The number of likely N-dealkylation sites (tertiary alicyclic amines) is 1. The van der Waals surface area contributed by atoms with E-state index in [4.69, 9.17) is 5.73 Å². The Balaban J connectivity index is 2.22. The maximum Gasteiger partial charge on any atom is 0.111 e. The molecule has 2 rings (SSSR count). The molecule has 0 spiro atoms. The van der Waals surface area contributed by atoms with Crippen molar-refractivity contribution < 1.29 is 0 Å². The van der Waals surface area contributed by atoms with Crippen LogP contribution in [0.1, 0.15) is 31.3 Å². The molecule has 1 aromatic heterocycles. The van der Waals surface area contributed by atoms with Crippen molar-refractivity contribution in [3.8, 4) is 0 Å². The van der Waals surface area contributed by atoms with E-state index in [1.54, 1.807) is 11.3 Å². The first kappa shape index (κ1) is 10.1. The fourth-order valence-corrected chi connectivity index (χ4v) is 2.96. The average molecular weight is 211 g/mol. The quantitative estimate of drug-likeness (QED) is 0.808. The summed E-state index contributed by atoms with van der Waals surface area (Å²) in [5, 5.41) is 3.20. The predicted molar refractivity (Wildman–Crippen MR) is 59.3 cm³/mol. The molecule has 2 N–H and O–H groups in total. The molecule has 1 aliphatic heterocycles. The molecule has 1 aliphatic rings. The van der Waals surface area contributed by atoms with Gasteiger partial charge in [-0.15, -0.1) is 11.3 Å². The lowest BCUT2D eigenvalue weighted by Gasteiger charge is -2.28. The minimum Gasteiger partial charge on any atom is -0.326 e. The summed E-state index contributed by atoms with van der Waals surface area (Å²) in [5.41, 5.74) is 6.12. The van der Waals surface area contributed by atoms with Crippen molar-refractivity contribution >= 4 is 11.3 Å². The first-order chi connectivity index (χ1) is 6.70. The van der Waals surface area contributed by atoms with E-state index in [0.29, 0.717) is 12.1 Å². The molecule has 4 heteroatoms. The highest BCUT2D eigenvalue weighted by molar-refractivity contribution is 7.09. The Morgan fingerprint density at radius 2 is 2.43 bits per heavy atom. The third kappa shape index (κ3) is 1.69. The van der Waals surface area contributed by atoms with Crippen LogP contribution in [0.25, 0.3) is 0 Å². The number of hydrogen-bond acceptors (Lipinski definition) is 4. The normalized spacial score (nSPS) is 28.9. The van der Waals surface area contributed by atoms with Crippen LogP contribution in [0.5, 0.6) is 0 Å². The van der Waals surface area contributed by atoms with Crippen LogP contribution in [-0.2, 0) is 0 Å². The molecule has 0 saturated carbocycles. The SMILES string of the molecule is CC(C)N1CCC(N)C1c1nccs1. The van der Waals surface area contributed by atoms with Gasteiger partial charge < -0.3 is 5.73 Å². The monoisotopic (exact) mass is 211 g/mol. The summed E-state index contributed by atoms with van der Waals surface area (Å²) in [7, 11) is 0. The molecule has 2 atom stereocenters. The summed E-state index contributed by atoms with van der Waals surface area (Å²) in [6, 6.07) is 1.15. The van der Waals surface area contributed by atoms with Gasteiger partial charge in [0.2, 0.25) is 0 Å². The summed E-state index contributed by atoms with van der Waals surface area (Å²) < 4.78 is 0. The highest BCUT2D eigenvalue weighted by atomic mass is 32.1. The molecular weight excluding hydrogens is 194 g/mol. The second-order valence-corrected chi connectivity index (χ2v) is 5.03. The van der Waals surface area contributed by atoms with Crippen molar-refractivity contribution in [1.82, 2.24) is 9.88 Å². The number of hydrogen-bond donors (Lipinski definition) is 1. The topological polar surface area (TPSA) is 42.1 Å². The molecule has 0 aromatic carbocycles. The predicted octanol–water partition coefficient (Wildman–Crippen LogP) is 1.63. The van der Waals surface area contributed by atoms with Gasteiger partial charge in [0.15, 0.2) is 0 Å². The van der Waals surface area contributed by atoms with Crippen LogP contribution in [0.2, 0.25) is 0 Å². The van der Waals surface area contributed by atoms with Gasteiger partial charge in [0.05, 0.1) is 6.04 Å². The fraction of sp³-hybridized carbons (Fsp3) is 0.700. The summed E-state index contributed by atoms with van der Waals surface area (Å²) in [6.07, 6.45) is 2.95. The highest BCUT2D eigenvalue weighted by Gasteiger charge is 2.35. The molecule has 0 bridgehead atoms. The minimum absolute atomic E-state index is 0.253. The van der Waals surface area contributed by atoms with E-state index < -0.39 is 0 Å². The number of thiazole rings is 1. The number of rotatable bonds is 2. The van der Waals surface area contributed by atoms with E-state index in [1.165, 1.54) is 5.01 Å². The number of nitrogens with two attached hydrogens (primary N) is 1. The van der Waals surface area contributed by atoms with Crippen molar-refractivity contribution in [2.24, 2.45) is 5.73 Å². The zero-order chi connectivity index (χ0) is 10.1. The summed E-state index contributed by atoms with van der Waals surface area (Å²) >= 11 is 1.71. The van der Waals surface area contributed by atoms with Crippen LogP contribution in [0.15, 0.2) is 11.6 Å². The van der Waals surface area contributed by atoms with Crippen molar-refractivity contribution in [1.29, 1.82) is 0 Å². The zero-order valence-corrected chi connectivity index (χ0v) is 9.50. The maximum absolute atomic E-state index is 6.12. The first-order valence-corrected chi connectivity index (χ1v) is 5.99. The van der Waals surface area contributed by atoms with Crippen LogP contribution in [0, 0.1) is 0 Å². The molecular formula is C10H17N3S. The largest absolute Gasteiger partial charge is 0.326 e. The van der Waals surface area contributed by atoms with E-state index in [0.717, 1.165) is 13.0 Å². The second kappa shape index (κ2) is 3.96. The van der Waals surface area contributed by atoms with Crippen molar-refractivity contribution in [3.05, 3.63) is 16.6 Å². The third-order valence-electron chi connectivity index (χ3n) is 2.85. The van der Waals surface area contributed by atoms with Gasteiger partial charge in [-0.3, -0.25) is 4.90 Å². The van der Waals surface area contributed by atoms with Crippen LogP contribution in [0.3, 0.4) is 0 Å². The van der Waals surface area contributed by atoms with Crippen LogP contribution in [0.4, 0.5) is 0 Å². The van der Waals surface area contributed by atoms with Gasteiger partial charge in [-0.05, 0) is 20.3 Å². The Bertz CT molecular complexity index is 284. The lowest BCUT2D eigenvalue weighted by molar-refractivity contribution is 0.198. The van der Waals surface area contributed by atoms with Crippen LogP contribution in [-0.4, -0.2) is 28.5 Å². The third-order valence-corrected chi connectivity index (χ3v) is 3.70. The summed E-state index contributed by atoms with van der Waals surface area (Å²) in [5.74, 6) is 0. The Labute approximate surface area is 88.9 Å². The van der Waals surface area contributed by atoms with Gasteiger partial charge >= 0.3 is 0 Å². The van der Waals surface area contributed by atoms with E-state index in [9.17, 15) is 0 Å². The number of aromatic nitrogens is 1. The minimum atomic E-state index is 0.253. The lowest BCUT2D eigenvalue weighted by Crippen LogP contribution is -2.35. The van der Waals surface area contributed by atoms with Gasteiger partial charge in [0, 0.05) is 30.2 Å². The lowest BCUT2D eigenvalue weighted by atomic mass is 10.1. The van der Waals surface area contributed by atoms with Gasteiger partial charge in [-0.1, -0.05) is 0 Å². The van der Waals surface area contributed by atoms with Crippen molar-refractivity contribution in [2.45, 2.75) is 38.4 Å². The van der Waals surface area contributed by atoms with E-state index in [1.807, 2.05) is 11.6 Å². The molecule has 1 aromatic rings. The Morgan fingerprint density at radius 1 is 1.64 bits per heavy atom. The van der Waals surface area contributed by atoms with Crippen molar-refractivity contribution in [2.75, 3.05) is 6.54 Å². The smallest absolute Gasteiger partial charge is 0.111 e. The fourth-order valence-electron chi connectivity index (χ4n) is 2.13. The number of nitrogens with zero attached hydrogens (tertiary/aromatic N) is 2. The Morgan fingerprint density at radius 3 is 3.00 bits per heavy atom. The molecule has 3 nitrogen and oxygen atoms in total. The summed E-state index contributed by atoms with van der Waals surface area (Å²) in [4.78, 5) is 6.83. The van der Waals surface area contributed by atoms with Gasteiger partial charge in [-0.25, -0.2) is 4.98 Å². The Hall–Kier alpha value is -0.450. The summed E-state index contributed by atoms with van der Waals surface area (Å²) in [6.45, 7) is 5.54. The standard InChI is InChI=1S/C10H17N3S/c1-7(2)13-5-3-8(11)9(13)10-12-4-6-14-10/h4,6-9H,3,5,11H2,1-2H3. The average Bonchev–Trinajstić information content (AvgIpc) is 2.71. The molecule has 2 heterocycles. The van der Waals surface area contributed by atoms with Crippen LogP contribution < -0.4 is 5.73 Å². The molecule has 1 fully saturated rings. The van der Waals surface area contributed by atoms with Gasteiger partial charge in [-0.2, -0.15) is 0 Å². The van der Waals surface area contributed by atoms with E-state index >= 15 is 0 Å². The molecule has 2 unspecified atom stereocenters. The maximum atomic E-state index is 6.12. The van der Waals surface area contributed by atoms with Crippen molar-refractivity contribution in [3.63, 3.8) is 0 Å². The molecule has 0 amide bonds. The van der Waals surface area contributed by atoms with Gasteiger partial charge in [0.25, 0.3) is 0 Å². The molecule has 1 saturated heterocycles. The molecule has 0 aliphatic carbocycles. The van der Waals surface area contributed by atoms with E-state index in [-0.39, 0.29) is 6.04 Å². The van der Waals surface area contributed by atoms with E-state index in [2.05, 4.69) is 23.7 Å². The highest BCUT2D eigenvalue weighted by Crippen LogP contribution is 2.33.